The number of hydrogen-bond donors (Lipinski definition) is 1. The van der Waals surface area contributed by atoms with Crippen molar-refractivity contribution in [2.75, 3.05) is 26.8 Å². The third kappa shape index (κ3) is 2.46. The summed E-state index contributed by atoms with van der Waals surface area (Å²) in [6.45, 7) is 2.20. The fourth-order valence-corrected chi connectivity index (χ4v) is 2.17. The number of rotatable bonds is 4. The summed E-state index contributed by atoms with van der Waals surface area (Å²) >= 11 is 3.43. The Morgan fingerprint density at radius 1 is 1.25 bits per heavy atom. The first-order valence-electron chi connectivity index (χ1n) is 5.45. The van der Waals surface area contributed by atoms with Gasteiger partial charge in [-0.05, 0) is 19.2 Å². The summed E-state index contributed by atoms with van der Waals surface area (Å²) in [6.07, 6.45) is 0.825. The van der Waals surface area contributed by atoms with Gasteiger partial charge in [-0.15, -0.1) is 0 Å². The molecule has 1 aliphatic heterocycles. The van der Waals surface area contributed by atoms with E-state index >= 15 is 0 Å². The van der Waals surface area contributed by atoms with Crippen molar-refractivity contribution >= 4 is 15.9 Å². The first-order valence-corrected chi connectivity index (χ1v) is 6.25. The molecule has 0 aliphatic carbocycles. The van der Waals surface area contributed by atoms with E-state index in [0.29, 0.717) is 13.2 Å². The van der Waals surface area contributed by atoms with Crippen LogP contribution in [0.25, 0.3) is 0 Å². The molecule has 0 radical (unpaired) electrons. The van der Waals surface area contributed by atoms with Crippen molar-refractivity contribution in [2.45, 2.75) is 12.2 Å². The Labute approximate surface area is 104 Å². The normalized spacial score (nSPS) is 18.9. The van der Waals surface area contributed by atoms with Gasteiger partial charge in [0, 0.05) is 23.0 Å². The Bertz CT molecular complexity index is 333. The Kier molecular flexibility index (Phi) is 3.97. The predicted molar refractivity (Wildman–Crippen MR) is 66.3 cm³/mol. The number of ether oxygens (including phenoxy) is 2. The maximum atomic E-state index is 5.79. The second kappa shape index (κ2) is 5.27. The van der Waals surface area contributed by atoms with E-state index in [4.69, 9.17) is 9.47 Å². The molecule has 1 aliphatic rings. The average Bonchev–Trinajstić information content (AvgIpc) is 2.77. The molecule has 1 N–H and O–H groups in total. The lowest BCUT2D eigenvalue weighted by Crippen LogP contribution is -2.31. The lowest BCUT2D eigenvalue weighted by Gasteiger charge is -2.27. The predicted octanol–water partition coefficient (Wildman–Crippen LogP) is 2.26. The van der Waals surface area contributed by atoms with Crippen molar-refractivity contribution in [2.24, 2.45) is 0 Å². The molecule has 3 nitrogen and oxygen atoms in total. The van der Waals surface area contributed by atoms with E-state index in [-0.39, 0.29) is 0 Å². The molecule has 0 unspecified atom stereocenters. The lowest BCUT2D eigenvalue weighted by atomic mass is 10.0. The summed E-state index contributed by atoms with van der Waals surface area (Å²) in [6, 6.07) is 8.12. The molecule has 4 heteroatoms. The third-order valence-corrected chi connectivity index (χ3v) is 3.27. The van der Waals surface area contributed by atoms with E-state index < -0.39 is 5.79 Å². The van der Waals surface area contributed by atoms with Gasteiger partial charge < -0.3 is 14.8 Å². The van der Waals surface area contributed by atoms with E-state index in [0.717, 1.165) is 23.0 Å². The second-order valence-electron chi connectivity index (χ2n) is 3.81. The summed E-state index contributed by atoms with van der Waals surface area (Å²) < 4.78 is 12.6. The molecule has 0 saturated carbocycles. The topological polar surface area (TPSA) is 30.5 Å². The summed E-state index contributed by atoms with van der Waals surface area (Å²) in [4.78, 5) is 0. The fourth-order valence-electron chi connectivity index (χ4n) is 1.90. The molecule has 1 saturated heterocycles. The molecule has 0 aromatic heterocycles. The minimum atomic E-state index is -0.552. The standard InChI is InChI=1S/C12H16BrNO2/c1-14-7-6-12(15-8-9-16-12)10-2-4-11(13)5-3-10/h2-5,14H,6-9H2,1H3. The zero-order valence-corrected chi connectivity index (χ0v) is 10.9. The van der Waals surface area contributed by atoms with Crippen molar-refractivity contribution in [3.05, 3.63) is 34.3 Å². The molecule has 1 aromatic rings. The van der Waals surface area contributed by atoms with Gasteiger partial charge in [0.1, 0.15) is 0 Å². The summed E-state index contributed by atoms with van der Waals surface area (Å²) in [7, 11) is 1.93. The molecule has 0 amide bonds. The molecule has 16 heavy (non-hydrogen) atoms. The Hall–Kier alpha value is -0.420. The van der Waals surface area contributed by atoms with Crippen LogP contribution in [0.5, 0.6) is 0 Å². The summed E-state index contributed by atoms with van der Waals surface area (Å²) in [5, 5.41) is 3.13. The van der Waals surface area contributed by atoms with Gasteiger partial charge in [0.05, 0.1) is 13.2 Å². The van der Waals surface area contributed by atoms with E-state index in [2.05, 4.69) is 21.2 Å². The highest BCUT2D eigenvalue weighted by Gasteiger charge is 2.37. The van der Waals surface area contributed by atoms with E-state index in [1.165, 1.54) is 0 Å². The van der Waals surface area contributed by atoms with Crippen LogP contribution in [0, 0.1) is 0 Å². The van der Waals surface area contributed by atoms with Crippen molar-refractivity contribution in [1.29, 1.82) is 0 Å². The monoisotopic (exact) mass is 285 g/mol. The number of halogens is 1. The van der Waals surface area contributed by atoms with Crippen molar-refractivity contribution in [3.8, 4) is 0 Å². The quantitative estimate of drug-likeness (QED) is 0.921. The fraction of sp³-hybridized carbons (Fsp3) is 0.500. The van der Waals surface area contributed by atoms with Gasteiger partial charge in [-0.2, -0.15) is 0 Å². The van der Waals surface area contributed by atoms with Gasteiger partial charge in [0.15, 0.2) is 5.79 Å². The first-order chi connectivity index (χ1) is 7.77. The smallest absolute Gasteiger partial charge is 0.196 e. The van der Waals surface area contributed by atoms with Gasteiger partial charge in [-0.1, -0.05) is 28.1 Å². The SMILES string of the molecule is CNCCC1(c2ccc(Br)cc2)OCCO1. The minimum Gasteiger partial charge on any atom is -0.343 e. The van der Waals surface area contributed by atoms with Crippen LogP contribution in [0.3, 0.4) is 0 Å². The minimum absolute atomic E-state index is 0.552. The third-order valence-electron chi connectivity index (χ3n) is 2.74. The van der Waals surface area contributed by atoms with Crippen LogP contribution in [0.15, 0.2) is 28.7 Å². The maximum absolute atomic E-state index is 5.79. The van der Waals surface area contributed by atoms with Gasteiger partial charge in [-0.3, -0.25) is 0 Å². The Balaban J connectivity index is 2.21. The molecule has 1 aromatic carbocycles. The second-order valence-corrected chi connectivity index (χ2v) is 4.73. The van der Waals surface area contributed by atoms with Crippen LogP contribution in [0.2, 0.25) is 0 Å². The van der Waals surface area contributed by atoms with Gasteiger partial charge >= 0.3 is 0 Å². The van der Waals surface area contributed by atoms with Gasteiger partial charge in [-0.25, -0.2) is 0 Å². The molecule has 0 spiro atoms. The van der Waals surface area contributed by atoms with Gasteiger partial charge in [0.2, 0.25) is 0 Å². The Morgan fingerprint density at radius 2 is 1.88 bits per heavy atom. The zero-order valence-electron chi connectivity index (χ0n) is 9.33. The summed E-state index contributed by atoms with van der Waals surface area (Å²) in [5.41, 5.74) is 1.09. The van der Waals surface area contributed by atoms with Crippen LogP contribution in [0.1, 0.15) is 12.0 Å². The lowest BCUT2D eigenvalue weighted by molar-refractivity contribution is -0.169. The first kappa shape index (κ1) is 12.0. The molecule has 0 bridgehead atoms. The molecule has 88 valence electrons. The zero-order chi connectivity index (χ0) is 11.4. The van der Waals surface area contributed by atoms with E-state index in [9.17, 15) is 0 Å². The van der Waals surface area contributed by atoms with Crippen molar-refractivity contribution < 1.29 is 9.47 Å². The van der Waals surface area contributed by atoms with Crippen LogP contribution >= 0.6 is 15.9 Å². The van der Waals surface area contributed by atoms with Crippen LogP contribution in [-0.4, -0.2) is 26.8 Å². The number of hydrogen-bond acceptors (Lipinski definition) is 3. The van der Waals surface area contributed by atoms with Crippen molar-refractivity contribution in [3.63, 3.8) is 0 Å². The molecule has 1 heterocycles. The largest absolute Gasteiger partial charge is 0.343 e. The number of benzene rings is 1. The highest BCUT2D eigenvalue weighted by Crippen LogP contribution is 2.35. The highest BCUT2D eigenvalue weighted by molar-refractivity contribution is 9.10. The van der Waals surface area contributed by atoms with E-state index in [1.807, 2.05) is 31.3 Å². The number of nitrogens with one attached hydrogen (secondary N) is 1. The van der Waals surface area contributed by atoms with E-state index in [1.54, 1.807) is 0 Å². The molecule has 0 atom stereocenters. The van der Waals surface area contributed by atoms with Crippen LogP contribution in [-0.2, 0) is 15.3 Å². The van der Waals surface area contributed by atoms with Crippen LogP contribution < -0.4 is 5.32 Å². The maximum Gasteiger partial charge on any atom is 0.196 e. The highest BCUT2D eigenvalue weighted by atomic mass is 79.9. The van der Waals surface area contributed by atoms with Crippen LogP contribution in [0.4, 0.5) is 0 Å². The molecule has 1 fully saturated rings. The van der Waals surface area contributed by atoms with Crippen molar-refractivity contribution in [1.82, 2.24) is 5.32 Å². The molecular weight excluding hydrogens is 270 g/mol. The Morgan fingerprint density at radius 3 is 2.44 bits per heavy atom. The average molecular weight is 286 g/mol. The molecule has 2 rings (SSSR count). The molecular formula is C12H16BrNO2. The summed E-state index contributed by atoms with van der Waals surface area (Å²) in [5.74, 6) is -0.552. The van der Waals surface area contributed by atoms with Gasteiger partial charge in [0.25, 0.3) is 0 Å².